The van der Waals surface area contributed by atoms with Crippen LogP contribution >= 0.6 is 0 Å². The predicted molar refractivity (Wildman–Crippen MR) is 102 cm³/mol. The summed E-state index contributed by atoms with van der Waals surface area (Å²) in [6.07, 6.45) is 9.62. The van der Waals surface area contributed by atoms with E-state index in [4.69, 9.17) is 4.98 Å². The molecule has 0 aliphatic carbocycles. The van der Waals surface area contributed by atoms with Crippen molar-refractivity contribution in [3.8, 4) is 11.1 Å². The Bertz CT molecular complexity index is 1120. The van der Waals surface area contributed by atoms with Crippen molar-refractivity contribution in [3.63, 3.8) is 0 Å². The van der Waals surface area contributed by atoms with Crippen LogP contribution in [0.1, 0.15) is 18.7 Å². The summed E-state index contributed by atoms with van der Waals surface area (Å²) in [5.41, 5.74) is 5.76. The number of aromatic nitrogens is 4. The lowest BCUT2D eigenvalue weighted by Gasteiger charge is -2.20. The fourth-order valence-corrected chi connectivity index (χ4v) is 4.71. The van der Waals surface area contributed by atoms with E-state index in [1.807, 2.05) is 16.8 Å². The predicted octanol–water partition coefficient (Wildman–Crippen LogP) is 3.37. The lowest BCUT2D eigenvalue weighted by molar-refractivity contribution is 0.258. The van der Waals surface area contributed by atoms with Crippen molar-refractivity contribution in [2.45, 2.75) is 31.8 Å². The third-order valence-electron chi connectivity index (χ3n) is 6.09. The molecule has 4 aromatic rings. The van der Waals surface area contributed by atoms with Gasteiger partial charge in [-0.1, -0.05) is 6.07 Å². The van der Waals surface area contributed by atoms with Crippen LogP contribution in [0.15, 0.2) is 48.9 Å². The second-order valence-corrected chi connectivity index (χ2v) is 7.53. The summed E-state index contributed by atoms with van der Waals surface area (Å²) in [6, 6.07) is 11.7. The van der Waals surface area contributed by atoms with E-state index in [0.29, 0.717) is 6.04 Å². The minimum atomic E-state index is 0.690. The topological polar surface area (TPSA) is 38.4 Å². The lowest BCUT2D eigenvalue weighted by Crippen LogP contribution is -2.30. The highest BCUT2D eigenvalue weighted by molar-refractivity contribution is 5.83. The van der Waals surface area contributed by atoms with Gasteiger partial charge in [-0.25, -0.2) is 9.97 Å². The molecule has 1 aromatic carbocycles. The summed E-state index contributed by atoms with van der Waals surface area (Å²) < 4.78 is 4.48. The van der Waals surface area contributed by atoms with Gasteiger partial charge in [0, 0.05) is 44.1 Å². The highest BCUT2D eigenvalue weighted by Crippen LogP contribution is 2.29. The zero-order valence-corrected chi connectivity index (χ0v) is 14.7. The first-order chi connectivity index (χ1) is 12.8. The highest BCUT2D eigenvalue weighted by Gasteiger charge is 2.29. The van der Waals surface area contributed by atoms with Gasteiger partial charge in [0.05, 0.1) is 11.0 Å². The van der Waals surface area contributed by atoms with Crippen molar-refractivity contribution in [2.75, 3.05) is 13.1 Å². The monoisotopic (exact) mass is 343 g/mol. The van der Waals surface area contributed by atoms with E-state index in [1.165, 1.54) is 41.9 Å². The molecule has 5 nitrogen and oxygen atoms in total. The summed E-state index contributed by atoms with van der Waals surface area (Å²) in [4.78, 5) is 12.1. The van der Waals surface area contributed by atoms with Gasteiger partial charge in [0.1, 0.15) is 11.5 Å². The van der Waals surface area contributed by atoms with Crippen LogP contribution in [0, 0.1) is 0 Å². The lowest BCUT2D eigenvalue weighted by atomic mass is 10.1. The van der Waals surface area contributed by atoms with Crippen LogP contribution in [-0.4, -0.2) is 43.0 Å². The van der Waals surface area contributed by atoms with Gasteiger partial charge in [0.25, 0.3) is 0 Å². The smallest absolute Gasteiger partial charge is 0.137 e. The van der Waals surface area contributed by atoms with Crippen molar-refractivity contribution >= 4 is 16.7 Å². The maximum atomic E-state index is 5.03. The third kappa shape index (κ3) is 2.13. The molecule has 2 aliphatic rings. The van der Waals surface area contributed by atoms with Gasteiger partial charge in [-0.05, 0) is 54.8 Å². The number of fused-ring (bicyclic) bond motifs is 5. The van der Waals surface area contributed by atoms with E-state index in [2.05, 4.69) is 51.0 Å². The van der Waals surface area contributed by atoms with Gasteiger partial charge < -0.3 is 8.97 Å². The molecule has 2 aliphatic heterocycles. The Morgan fingerprint density at radius 3 is 2.92 bits per heavy atom. The summed E-state index contributed by atoms with van der Waals surface area (Å²) in [5.74, 6) is 1.26. The van der Waals surface area contributed by atoms with E-state index < -0.39 is 0 Å². The van der Waals surface area contributed by atoms with Crippen LogP contribution in [0.2, 0.25) is 0 Å². The zero-order chi connectivity index (χ0) is 17.1. The Morgan fingerprint density at radius 2 is 1.92 bits per heavy atom. The normalized spacial score (nSPS) is 20.4. The number of imidazole rings is 2. The molecule has 0 N–H and O–H groups in total. The quantitative estimate of drug-likeness (QED) is 0.532. The fraction of sp³-hybridized carbons (Fsp3) is 0.333. The molecule has 1 fully saturated rings. The number of hydrogen-bond acceptors (Lipinski definition) is 3. The molecule has 26 heavy (non-hydrogen) atoms. The zero-order valence-electron chi connectivity index (χ0n) is 14.7. The third-order valence-corrected chi connectivity index (χ3v) is 6.09. The maximum Gasteiger partial charge on any atom is 0.137 e. The van der Waals surface area contributed by atoms with E-state index in [1.54, 1.807) is 0 Å². The highest BCUT2D eigenvalue weighted by atomic mass is 15.2. The second-order valence-electron chi connectivity index (χ2n) is 7.53. The standard InChI is InChI=1S/C21H21N5/c1-2-17-14-21-23-18-12-15(16-5-8-25-9-6-22-20(25)13-16)3-4-19(18)26(21)11-10-24(17)7-1/h3-6,8-9,12-13,17H,1-2,7,10-11,14H2. The summed E-state index contributed by atoms with van der Waals surface area (Å²) in [5, 5.41) is 0. The number of pyridine rings is 1. The van der Waals surface area contributed by atoms with Crippen molar-refractivity contribution in [2.24, 2.45) is 0 Å². The van der Waals surface area contributed by atoms with Crippen molar-refractivity contribution in [1.82, 2.24) is 23.8 Å². The molecule has 6 rings (SSSR count). The van der Waals surface area contributed by atoms with Crippen molar-refractivity contribution in [1.29, 1.82) is 0 Å². The van der Waals surface area contributed by atoms with E-state index in [-0.39, 0.29) is 0 Å². The molecule has 0 saturated carbocycles. The first-order valence-corrected chi connectivity index (χ1v) is 9.51. The average Bonchev–Trinajstić information content (AvgIpc) is 3.36. The van der Waals surface area contributed by atoms with Crippen LogP contribution in [0.4, 0.5) is 0 Å². The van der Waals surface area contributed by atoms with Gasteiger partial charge in [-0.3, -0.25) is 4.90 Å². The Kier molecular flexibility index (Phi) is 3.02. The SMILES string of the molecule is c1cn2ccc(-c3ccc4c(c3)nc3n4CCN4CCCC4C3)cc2n1. The van der Waals surface area contributed by atoms with Crippen molar-refractivity contribution < 1.29 is 0 Å². The maximum absolute atomic E-state index is 5.03. The van der Waals surface area contributed by atoms with Gasteiger partial charge in [-0.15, -0.1) is 0 Å². The van der Waals surface area contributed by atoms with Crippen LogP contribution in [0.5, 0.6) is 0 Å². The Labute approximate surface area is 151 Å². The molecular weight excluding hydrogens is 322 g/mol. The second kappa shape index (κ2) is 5.42. The number of hydrogen-bond donors (Lipinski definition) is 0. The fourth-order valence-electron chi connectivity index (χ4n) is 4.71. The van der Waals surface area contributed by atoms with Crippen LogP contribution in [0.25, 0.3) is 27.8 Å². The van der Waals surface area contributed by atoms with E-state index in [0.717, 1.165) is 30.7 Å². The number of benzene rings is 1. The van der Waals surface area contributed by atoms with Gasteiger partial charge in [0.15, 0.2) is 0 Å². The minimum absolute atomic E-state index is 0.690. The molecule has 0 bridgehead atoms. The first kappa shape index (κ1) is 14.5. The molecule has 1 atom stereocenters. The van der Waals surface area contributed by atoms with Crippen LogP contribution < -0.4 is 0 Å². The largest absolute Gasteiger partial charge is 0.327 e. The number of rotatable bonds is 1. The van der Waals surface area contributed by atoms with Crippen LogP contribution in [-0.2, 0) is 13.0 Å². The molecule has 5 heterocycles. The number of nitrogens with zero attached hydrogens (tertiary/aromatic N) is 5. The van der Waals surface area contributed by atoms with E-state index >= 15 is 0 Å². The molecule has 0 spiro atoms. The molecule has 3 aromatic heterocycles. The average molecular weight is 343 g/mol. The summed E-state index contributed by atoms with van der Waals surface area (Å²) in [7, 11) is 0. The summed E-state index contributed by atoms with van der Waals surface area (Å²) >= 11 is 0. The Balaban J connectivity index is 1.44. The molecule has 130 valence electrons. The molecule has 1 unspecified atom stereocenters. The molecule has 1 saturated heterocycles. The molecule has 5 heteroatoms. The Morgan fingerprint density at radius 1 is 0.962 bits per heavy atom. The molecular formula is C21H21N5. The van der Waals surface area contributed by atoms with E-state index in [9.17, 15) is 0 Å². The molecule has 0 amide bonds. The minimum Gasteiger partial charge on any atom is -0.327 e. The van der Waals surface area contributed by atoms with Gasteiger partial charge >= 0.3 is 0 Å². The van der Waals surface area contributed by atoms with Crippen molar-refractivity contribution in [3.05, 3.63) is 54.7 Å². The first-order valence-electron chi connectivity index (χ1n) is 9.51. The molecule has 0 radical (unpaired) electrons. The van der Waals surface area contributed by atoms with Gasteiger partial charge in [-0.2, -0.15) is 0 Å². The summed E-state index contributed by atoms with van der Waals surface area (Å²) in [6.45, 7) is 3.47. The van der Waals surface area contributed by atoms with Gasteiger partial charge in [0.2, 0.25) is 0 Å². The Hall–Kier alpha value is -2.66. The van der Waals surface area contributed by atoms with Crippen LogP contribution in [0.3, 0.4) is 0 Å².